The van der Waals surface area contributed by atoms with Gasteiger partial charge in [0.1, 0.15) is 6.04 Å². The maximum Gasteiger partial charge on any atom is 0.326 e. The van der Waals surface area contributed by atoms with Gasteiger partial charge in [0.15, 0.2) is 0 Å². The first-order valence-electron chi connectivity index (χ1n) is 5.77. The lowest BCUT2D eigenvalue weighted by Crippen LogP contribution is -2.38. The third kappa shape index (κ3) is 2.16. The summed E-state index contributed by atoms with van der Waals surface area (Å²) in [6, 6.07) is 6.78. The molecule has 0 radical (unpaired) electrons. The fourth-order valence-corrected chi connectivity index (χ4v) is 2.13. The van der Waals surface area contributed by atoms with Gasteiger partial charge in [-0.05, 0) is 30.5 Å². The number of nitrogens with zero attached hydrogens (tertiary/aromatic N) is 1. The topological polar surface area (TPSA) is 57.6 Å². The maximum absolute atomic E-state index is 11.7. The van der Waals surface area contributed by atoms with Gasteiger partial charge in [0.25, 0.3) is 0 Å². The number of anilines is 1. The molecule has 1 unspecified atom stereocenters. The molecule has 0 aliphatic carbocycles. The van der Waals surface area contributed by atoms with E-state index in [1.54, 1.807) is 0 Å². The summed E-state index contributed by atoms with van der Waals surface area (Å²) in [5.74, 6) is -1.04. The molecular weight excluding hydrogens is 218 g/mol. The van der Waals surface area contributed by atoms with Crippen molar-refractivity contribution in [3.8, 4) is 0 Å². The van der Waals surface area contributed by atoms with E-state index in [1.807, 2.05) is 24.3 Å². The number of aliphatic carboxylic acids is 1. The van der Waals surface area contributed by atoms with Crippen LogP contribution in [0.2, 0.25) is 0 Å². The van der Waals surface area contributed by atoms with Crippen LogP contribution in [0.4, 0.5) is 5.69 Å². The Morgan fingerprint density at radius 1 is 1.41 bits per heavy atom. The van der Waals surface area contributed by atoms with Gasteiger partial charge in [0, 0.05) is 12.1 Å². The highest BCUT2D eigenvalue weighted by Crippen LogP contribution is 2.27. The van der Waals surface area contributed by atoms with Crippen molar-refractivity contribution in [2.24, 2.45) is 0 Å². The summed E-state index contributed by atoms with van der Waals surface area (Å²) in [4.78, 5) is 24.2. The highest BCUT2D eigenvalue weighted by atomic mass is 16.4. The summed E-state index contributed by atoms with van der Waals surface area (Å²) in [6.07, 6.45) is 1.63. The number of aryl methyl sites for hydroxylation is 1. The second-order valence-electron chi connectivity index (χ2n) is 4.18. The van der Waals surface area contributed by atoms with E-state index in [0.717, 1.165) is 6.42 Å². The number of amides is 1. The van der Waals surface area contributed by atoms with Crippen molar-refractivity contribution in [2.75, 3.05) is 4.90 Å². The van der Waals surface area contributed by atoms with E-state index in [-0.39, 0.29) is 5.91 Å². The van der Waals surface area contributed by atoms with Crippen LogP contribution in [0, 0.1) is 0 Å². The second kappa shape index (κ2) is 4.57. The minimum Gasteiger partial charge on any atom is -0.480 e. The SMILES string of the molecule is CCc1ccc(N2C(=O)CCC2C(=O)O)cc1. The average Bonchev–Trinajstić information content (AvgIpc) is 2.71. The molecule has 1 aromatic rings. The van der Waals surface area contributed by atoms with Gasteiger partial charge >= 0.3 is 5.97 Å². The van der Waals surface area contributed by atoms with Crippen molar-refractivity contribution in [3.05, 3.63) is 29.8 Å². The third-order valence-electron chi connectivity index (χ3n) is 3.12. The highest BCUT2D eigenvalue weighted by molar-refractivity contribution is 6.02. The Balaban J connectivity index is 2.29. The summed E-state index contributed by atoms with van der Waals surface area (Å²) in [5.41, 5.74) is 1.85. The molecule has 4 heteroatoms. The maximum atomic E-state index is 11.7. The lowest BCUT2D eigenvalue weighted by molar-refractivity contribution is -0.138. The molecule has 4 nitrogen and oxygen atoms in total. The van der Waals surface area contributed by atoms with Gasteiger partial charge < -0.3 is 5.11 Å². The van der Waals surface area contributed by atoms with E-state index in [2.05, 4.69) is 6.92 Å². The number of carboxylic acids is 1. The molecule has 1 aliphatic rings. The first-order chi connectivity index (χ1) is 8.13. The van der Waals surface area contributed by atoms with E-state index in [0.29, 0.717) is 18.5 Å². The number of carbonyl (C=O) groups is 2. The summed E-state index contributed by atoms with van der Waals surface area (Å²) in [7, 11) is 0. The minimum atomic E-state index is -0.935. The quantitative estimate of drug-likeness (QED) is 0.866. The van der Waals surface area contributed by atoms with Gasteiger partial charge in [0.2, 0.25) is 5.91 Å². The molecule has 1 fully saturated rings. The van der Waals surface area contributed by atoms with Crippen LogP contribution < -0.4 is 4.90 Å². The lowest BCUT2D eigenvalue weighted by Gasteiger charge is -2.21. The fraction of sp³-hybridized carbons (Fsp3) is 0.385. The van der Waals surface area contributed by atoms with E-state index in [1.165, 1.54) is 10.5 Å². The van der Waals surface area contributed by atoms with Crippen LogP contribution in [-0.4, -0.2) is 23.0 Å². The number of carboxylic acid groups (broad SMARTS) is 1. The van der Waals surface area contributed by atoms with Crippen LogP contribution in [-0.2, 0) is 16.0 Å². The van der Waals surface area contributed by atoms with E-state index >= 15 is 0 Å². The zero-order valence-corrected chi connectivity index (χ0v) is 9.72. The van der Waals surface area contributed by atoms with Crippen LogP contribution in [0.1, 0.15) is 25.3 Å². The third-order valence-corrected chi connectivity index (χ3v) is 3.12. The molecule has 1 amide bonds. The molecule has 0 saturated carbocycles. The zero-order valence-electron chi connectivity index (χ0n) is 9.72. The molecule has 0 aromatic heterocycles. The molecule has 0 spiro atoms. The Morgan fingerprint density at radius 3 is 2.59 bits per heavy atom. The average molecular weight is 233 g/mol. The first-order valence-corrected chi connectivity index (χ1v) is 5.77. The van der Waals surface area contributed by atoms with Gasteiger partial charge in [-0.3, -0.25) is 9.69 Å². The molecule has 17 heavy (non-hydrogen) atoms. The van der Waals surface area contributed by atoms with Crippen molar-refractivity contribution in [2.45, 2.75) is 32.2 Å². The normalized spacial score (nSPS) is 19.7. The summed E-state index contributed by atoms with van der Waals surface area (Å²) in [6.45, 7) is 2.05. The van der Waals surface area contributed by atoms with Crippen LogP contribution in [0.5, 0.6) is 0 Å². The number of hydrogen-bond donors (Lipinski definition) is 1. The summed E-state index contributed by atoms with van der Waals surface area (Å²) < 4.78 is 0. The standard InChI is InChI=1S/C13H15NO3/c1-2-9-3-5-10(6-4-9)14-11(13(16)17)7-8-12(14)15/h3-6,11H,2,7-8H2,1H3,(H,16,17). The molecule has 1 heterocycles. The Hall–Kier alpha value is -1.84. The molecule has 2 rings (SSSR count). The van der Waals surface area contributed by atoms with E-state index in [4.69, 9.17) is 5.11 Å². The fourth-order valence-electron chi connectivity index (χ4n) is 2.13. The van der Waals surface area contributed by atoms with Gasteiger partial charge in [0.05, 0.1) is 0 Å². The van der Waals surface area contributed by atoms with Crippen LogP contribution >= 0.6 is 0 Å². The van der Waals surface area contributed by atoms with Crippen LogP contribution in [0.3, 0.4) is 0 Å². The Labute approximate surface area is 99.9 Å². The Morgan fingerprint density at radius 2 is 2.06 bits per heavy atom. The first kappa shape index (κ1) is 11.6. The monoisotopic (exact) mass is 233 g/mol. The number of benzene rings is 1. The summed E-state index contributed by atoms with van der Waals surface area (Å²) >= 11 is 0. The van der Waals surface area contributed by atoms with Crippen molar-refractivity contribution >= 4 is 17.6 Å². The molecular formula is C13H15NO3. The van der Waals surface area contributed by atoms with Crippen LogP contribution in [0.25, 0.3) is 0 Å². The Kier molecular flexibility index (Phi) is 3.13. The zero-order chi connectivity index (χ0) is 12.4. The summed E-state index contributed by atoms with van der Waals surface area (Å²) in [5, 5.41) is 9.07. The molecule has 1 atom stereocenters. The van der Waals surface area contributed by atoms with E-state index < -0.39 is 12.0 Å². The molecule has 1 aromatic carbocycles. The van der Waals surface area contributed by atoms with Gasteiger partial charge in [-0.2, -0.15) is 0 Å². The molecule has 1 aliphatic heterocycles. The predicted octanol–water partition coefficient (Wildman–Crippen LogP) is 1.83. The largest absolute Gasteiger partial charge is 0.480 e. The molecule has 1 saturated heterocycles. The van der Waals surface area contributed by atoms with Gasteiger partial charge in [-0.15, -0.1) is 0 Å². The lowest BCUT2D eigenvalue weighted by atomic mass is 10.1. The predicted molar refractivity (Wildman–Crippen MR) is 64.0 cm³/mol. The smallest absolute Gasteiger partial charge is 0.326 e. The van der Waals surface area contributed by atoms with E-state index in [9.17, 15) is 9.59 Å². The second-order valence-corrected chi connectivity index (χ2v) is 4.18. The number of carbonyl (C=O) groups excluding carboxylic acids is 1. The van der Waals surface area contributed by atoms with Crippen molar-refractivity contribution < 1.29 is 14.7 Å². The number of rotatable bonds is 3. The van der Waals surface area contributed by atoms with Gasteiger partial charge in [-0.1, -0.05) is 19.1 Å². The van der Waals surface area contributed by atoms with Crippen molar-refractivity contribution in [1.29, 1.82) is 0 Å². The molecule has 1 N–H and O–H groups in total. The Bertz CT molecular complexity index is 438. The highest BCUT2D eigenvalue weighted by Gasteiger charge is 2.36. The number of hydrogen-bond acceptors (Lipinski definition) is 2. The minimum absolute atomic E-state index is 0.110. The van der Waals surface area contributed by atoms with Crippen LogP contribution in [0.15, 0.2) is 24.3 Å². The molecule has 0 bridgehead atoms. The van der Waals surface area contributed by atoms with Gasteiger partial charge in [-0.25, -0.2) is 4.79 Å². The van der Waals surface area contributed by atoms with Crippen molar-refractivity contribution in [3.63, 3.8) is 0 Å². The van der Waals surface area contributed by atoms with Crippen molar-refractivity contribution in [1.82, 2.24) is 0 Å². The molecule has 90 valence electrons.